The summed E-state index contributed by atoms with van der Waals surface area (Å²) in [6, 6.07) is 0.0901. The maximum absolute atomic E-state index is 11.2. The number of hydrogen-bond donors (Lipinski definition) is 2. The Labute approximate surface area is 146 Å². The van der Waals surface area contributed by atoms with Crippen molar-refractivity contribution >= 4 is 39.8 Å². The molecule has 1 aliphatic rings. The first-order chi connectivity index (χ1) is 9.24. The molecule has 5 nitrogen and oxygen atoms in total. The van der Waals surface area contributed by atoms with Crippen molar-refractivity contribution < 1.29 is 8.42 Å². The van der Waals surface area contributed by atoms with E-state index in [9.17, 15) is 8.42 Å². The number of sulfone groups is 1. The van der Waals surface area contributed by atoms with Crippen LogP contribution in [0.3, 0.4) is 0 Å². The quantitative estimate of drug-likeness (QED) is 0.384. The lowest BCUT2D eigenvalue weighted by atomic mass is 9.89. The van der Waals surface area contributed by atoms with Crippen LogP contribution in [0.15, 0.2) is 4.99 Å². The molecule has 0 aliphatic heterocycles. The number of nitrogens with zero attached hydrogens (tertiary/aromatic N) is 1. The molecule has 0 saturated heterocycles. The highest BCUT2D eigenvalue weighted by atomic mass is 127. The molecule has 1 atom stereocenters. The minimum absolute atomic E-state index is 0. The summed E-state index contributed by atoms with van der Waals surface area (Å²) in [5, 5.41) is 6.62. The summed E-state index contributed by atoms with van der Waals surface area (Å²) >= 11 is 0. The van der Waals surface area contributed by atoms with Crippen molar-refractivity contribution in [3.05, 3.63) is 0 Å². The maximum atomic E-state index is 11.2. The van der Waals surface area contributed by atoms with E-state index in [1.807, 2.05) is 6.92 Å². The van der Waals surface area contributed by atoms with E-state index < -0.39 is 9.84 Å². The van der Waals surface area contributed by atoms with E-state index in [1.54, 1.807) is 7.05 Å². The van der Waals surface area contributed by atoms with Crippen LogP contribution in [0.2, 0.25) is 0 Å². The van der Waals surface area contributed by atoms with Crippen molar-refractivity contribution in [3.8, 4) is 0 Å². The van der Waals surface area contributed by atoms with Gasteiger partial charge < -0.3 is 10.6 Å². The molecule has 7 heteroatoms. The molecule has 1 fully saturated rings. The van der Waals surface area contributed by atoms with E-state index in [0.29, 0.717) is 11.8 Å². The molecule has 126 valence electrons. The second-order valence-corrected chi connectivity index (χ2v) is 8.67. The Kier molecular flexibility index (Phi) is 9.15. The van der Waals surface area contributed by atoms with Crippen molar-refractivity contribution in [1.29, 1.82) is 0 Å². The Balaban J connectivity index is 0.00000400. The summed E-state index contributed by atoms with van der Waals surface area (Å²) in [4.78, 5) is 4.21. The Hall–Kier alpha value is -0.0500. The molecule has 0 aromatic heterocycles. The Morgan fingerprint density at radius 1 is 1.33 bits per heavy atom. The molecule has 1 saturated carbocycles. The second-order valence-electron chi connectivity index (χ2n) is 6.41. The van der Waals surface area contributed by atoms with Crippen LogP contribution < -0.4 is 10.6 Å². The third kappa shape index (κ3) is 8.85. The van der Waals surface area contributed by atoms with Crippen molar-refractivity contribution in [2.45, 2.75) is 52.0 Å². The van der Waals surface area contributed by atoms with Gasteiger partial charge in [-0.25, -0.2) is 8.42 Å². The van der Waals surface area contributed by atoms with E-state index in [1.165, 1.54) is 31.9 Å². The number of halogens is 1. The average molecular weight is 431 g/mol. The van der Waals surface area contributed by atoms with Gasteiger partial charge in [-0.15, -0.1) is 24.0 Å². The molecule has 1 rings (SSSR count). The zero-order valence-electron chi connectivity index (χ0n) is 13.6. The van der Waals surface area contributed by atoms with Gasteiger partial charge in [-0.3, -0.25) is 4.99 Å². The largest absolute Gasteiger partial charge is 0.356 e. The normalized spacial score (nSPS) is 19.7. The molecular formula is C14H30IN3O2S. The lowest BCUT2D eigenvalue weighted by molar-refractivity contribution is 0.333. The van der Waals surface area contributed by atoms with Crippen LogP contribution in [0.1, 0.15) is 46.0 Å². The number of nitrogens with one attached hydrogen (secondary N) is 2. The van der Waals surface area contributed by atoms with Crippen LogP contribution in [0.4, 0.5) is 0 Å². The molecular weight excluding hydrogens is 401 g/mol. The van der Waals surface area contributed by atoms with Gasteiger partial charge in [0.2, 0.25) is 0 Å². The number of rotatable bonds is 6. The van der Waals surface area contributed by atoms with Crippen molar-refractivity contribution in [1.82, 2.24) is 10.6 Å². The van der Waals surface area contributed by atoms with Crippen molar-refractivity contribution in [3.63, 3.8) is 0 Å². The first-order valence-corrected chi connectivity index (χ1v) is 9.45. The third-order valence-corrected chi connectivity index (χ3v) is 5.00. The lowest BCUT2D eigenvalue weighted by Gasteiger charge is -2.26. The van der Waals surface area contributed by atoms with Crippen LogP contribution in [0, 0.1) is 5.41 Å². The fraction of sp³-hybridized carbons (Fsp3) is 0.929. The smallest absolute Gasteiger partial charge is 0.191 e. The maximum Gasteiger partial charge on any atom is 0.191 e. The predicted octanol–water partition coefficient (Wildman–Crippen LogP) is 2.17. The van der Waals surface area contributed by atoms with Gasteiger partial charge in [0.1, 0.15) is 9.84 Å². The minimum atomic E-state index is -2.90. The molecule has 0 radical (unpaired) electrons. The molecule has 2 N–H and O–H groups in total. The molecule has 0 aromatic carbocycles. The van der Waals surface area contributed by atoms with Gasteiger partial charge in [0.15, 0.2) is 5.96 Å². The highest BCUT2D eigenvalue weighted by molar-refractivity contribution is 14.0. The van der Waals surface area contributed by atoms with Crippen LogP contribution in [-0.2, 0) is 9.84 Å². The van der Waals surface area contributed by atoms with Crippen LogP contribution in [0.25, 0.3) is 0 Å². The van der Waals surface area contributed by atoms with Crippen LogP contribution in [0.5, 0.6) is 0 Å². The van der Waals surface area contributed by atoms with E-state index in [4.69, 9.17) is 0 Å². The highest BCUT2D eigenvalue weighted by Crippen LogP contribution is 2.36. The Morgan fingerprint density at radius 3 is 2.38 bits per heavy atom. The van der Waals surface area contributed by atoms with Crippen LogP contribution >= 0.6 is 24.0 Å². The molecule has 0 spiro atoms. The predicted molar refractivity (Wildman–Crippen MR) is 100 cm³/mol. The molecule has 0 amide bonds. The van der Waals surface area contributed by atoms with E-state index in [-0.39, 0.29) is 35.8 Å². The summed E-state index contributed by atoms with van der Waals surface area (Å²) in [5.41, 5.74) is 0.369. The standard InChI is InChI=1S/C14H29N3O2S.HI/c1-12(7-10-20(4,18)19)17-13(15-3)16-11-14(2)8-5-6-9-14;/h12H,5-11H2,1-4H3,(H2,15,16,17);1H. The topological polar surface area (TPSA) is 70.6 Å². The molecule has 21 heavy (non-hydrogen) atoms. The zero-order chi connectivity index (χ0) is 15.2. The van der Waals surface area contributed by atoms with Gasteiger partial charge in [-0.1, -0.05) is 19.8 Å². The average Bonchev–Trinajstić information content (AvgIpc) is 2.78. The molecule has 1 aliphatic carbocycles. The van der Waals surface area contributed by atoms with Gasteiger partial charge >= 0.3 is 0 Å². The number of aliphatic imine (C=N–C) groups is 1. The monoisotopic (exact) mass is 431 g/mol. The molecule has 0 heterocycles. The van der Waals surface area contributed by atoms with E-state index in [2.05, 4.69) is 22.5 Å². The summed E-state index contributed by atoms with van der Waals surface area (Å²) in [5.74, 6) is 0.967. The first-order valence-electron chi connectivity index (χ1n) is 7.39. The summed E-state index contributed by atoms with van der Waals surface area (Å²) in [6.07, 6.45) is 7.02. The molecule has 0 aromatic rings. The molecule has 1 unspecified atom stereocenters. The Bertz CT molecular complexity index is 432. The van der Waals surface area contributed by atoms with Crippen molar-refractivity contribution in [2.75, 3.05) is 25.6 Å². The number of hydrogen-bond acceptors (Lipinski definition) is 3. The summed E-state index contributed by atoms with van der Waals surface area (Å²) < 4.78 is 22.3. The first kappa shape index (κ1) is 20.9. The van der Waals surface area contributed by atoms with Crippen molar-refractivity contribution in [2.24, 2.45) is 10.4 Å². The van der Waals surface area contributed by atoms with Gasteiger partial charge in [0.25, 0.3) is 0 Å². The molecule has 0 bridgehead atoms. The third-order valence-electron chi connectivity index (χ3n) is 4.02. The number of guanidine groups is 1. The fourth-order valence-electron chi connectivity index (χ4n) is 2.59. The minimum Gasteiger partial charge on any atom is -0.356 e. The second kappa shape index (κ2) is 9.17. The van der Waals surface area contributed by atoms with E-state index >= 15 is 0 Å². The Morgan fingerprint density at radius 2 is 1.90 bits per heavy atom. The highest BCUT2D eigenvalue weighted by Gasteiger charge is 2.28. The summed E-state index contributed by atoms with van der Waals surface area (Å²) in [7, 11) is -1.15. The SMILES string of the molecule is CN=C(NCC1(C)CCCC1)NC(C)CCS(C)(=O)=O.I. The van der Waals surface area contributed by atoms with Gasteiger partial charge in [0, 0.05) is 25.9 Å². The summed E-state index contributed by atoms with van der Waals surface area (Å²) in [6.45, 7) is 5.22. The zero-order valence-corrected chi connectivity index (χ0v) is 16.8. The lowest BCUT2D eigenvalue weighted by Crippen LogP contribution is -2.45. The van der Waals surface area contributed by atoms with Gasteiger partial charge in [-0.05, 0) is 31.6 Å². The van der Waals surface area contributed by atoms with E-state index in [0.717, 1.165) is 12.5 Å². The van der Waals surface area contributed by atoms with Crippen LogP contribution in [-0.4, -0.2) is 46.0 Å². The van der Waals surface area contributed by atoms with Gasteiger partial charge in [0.05, 0.1) is 5.75 Å². The van der Waals surface area contributed by atoms with Gasteiger partial charge in [-0.2, -0.15) is 0 Å². The fourth-order valence-corrected chi connectivity index (χ4v) is 3.38.